The van der Waals surface area contributed by atoms with Gasteiger partial charge < -0.3 is 5.48 Å². The minimum absolute atomic E-state index is 0. The van der Waals surface area contributed by atoms with Crippen LogP contribution >= 0.6 is 0 Å². The van der Waals surface area contributed by atoms with E-state index in [0.717, 1.165) is 0 Å². The quantitative estimate of drug-likeness (QED) is 0.393. The molecule has 24 valence electrons. The molecule has 0 aromatic rings. The van der Waals surface area contributed by atoms with Crippen LogP contribution in [0.4, 0.5) is 0 Å². The summed E-state index contributed by atoms with van der Waals surface area (Å²) in [4.78, 5) is 0. The molecule has 0 fully saturated rings. The van der Waals surface area contributed by atoms with Gasteiger partial charge in [0.25, 0.3) is 0 Å². The van der Waals surface area contributed by atoms with E-state index in [1.807, 2.05) is 0 Å². The third-order valence-corrected chi connectivity index (χ3v) is 0. The van der Waals surface area contributed by atoms with E-state index in [9.17, 15) is 0 Å². The number of rotatable bonds is 0. The Bertz CT molecular complexity index is 8.00. The van der Waals surface area contributed by atoms with Gasteiger partial charge in [0.05, 0.1) is 0 Å². The molecule has 0 unspecified atom stereocenters. The Hall–Kier alpha value is 1.58. The summed E-state index contributed by atoms with van der Waals surface area (Å²) in [5.74, 6) is 0. The maximum absolute atomic E-state index is 0. The van der Waals surface area contributed by atoms with Crippen molar-refractivity contribution in [2.24, 2.45) is 0 Å². The van der Waals surface area contributed by atoms with Gasteiger partial charge in [0, 0.05) is 17.1 Å². The van der Waals surface area contributed by atoms with E-state index in [-0.39, 0.29) is 58.2 Å². The minimum atomic E-state index is 0. The van der Waals surface area contributed by atoms with Crippen molar-refractivity contribution >= 4 is 18.9 Å². The Morgan fingerprint density at radius 1 is 1.00 bits per heavy atom. The molecule has 0 bridgehead atoms. The van der Waals surface area contributed by atoms with E-state index in [1.165, 1.54) is 0 Å². The second-order valence-electron chi connectivity index (χ2n) is 0. The van der Waals surface area contributed by atoms with Crippen molar-refractivity contribution < 1.29 is 39.3 Å². The first-order chi connectivity index (χ1) is 0. The van der Waals surface area contributed by atoms with Gasteiger partial charge in [-0.1, -0.05) is 0 Å². The Morgan fingerprint density at radius 3 is 1.00 bits per heavy atom. The van der Waals surface area contributed by atoms with Crippen LogP contribution in [0.15, 0.2) is 0 Å². The van der Waals surface area contributed by atoms with Gasteiger partial charge in [-0.05, 0) is 0 Å². The molecule has 0 spiro atoms. The Morgan fingerprint density at radius 2 is 1.00 bits per heavy atom. The van der Waals surface area contributed by atoms with Gasteiger partial charge in [-0.15, -0.1) is 0 Å². The van der Waals surface area contributed by atoms with Crippen molar-refractivity contribution in [3.63, 3.8) is 0 Å². The molecule has 0 aliphatic carbocycles. The van der Waals surface area contributed by atoms with E-state index in [2.05, 4.69) is 0 Å². The van der Waals surface area contributed by atoms with E-state index in [1.54, 1.807) is 0 Å². The molecule has 0 rings (SSSR count). The molecule has 0 aliphatic rings. The van der Waals surface area contributed by atoms with Crippen molar-refractivity contribution in [3.8, 4) is 0 Å². The van der Waals surface area contributed by atoms with E-state index in [4.69, 9.17) is 0 Å². The molecule has 2 radical (unpaired) electrons. The zero-order valence-corrected chi connectivity index (χ0v) is 3.34. The number of hydrogen-bond donors (Lipinski definition) is 0. The fourth-order valence-electron chi connectivity index (χ4n) is 0. The second-order valence-corrected chi connectivity index (χ2v) is 0. The standard InChI is InChI=1S/Co.Li.Mn.O.H/q+2;;;-2;. The van der Waals surface area contributed by atoms with Crippen LogP contribution < -0.4 is 0 Å². The number of hydrogen-bond acceptors (Lipinski definition) is 0. The van der Waals surface area contributed by atoms with E-state index >= 15 is 0 Å². The molecule has 0 saturated carbocycles. The average Bonchev–Trinajstić information content (AvgIpc) is 0. The third-order valence-electron chi connectivity index (χ3n) is 0. The summed E-state index contributed by atoms with van der Waals surface area (Å²) in [6.07, 6.45) is 0. The molecule has 0 amide bonds. The predicted molar refractivity (Wildman–Crippen MR) is 7.84 cm³/mol. The van der Waals surface area contributed by atoms with Crippen LogP contribution in [0.25, 0.3) is 0 Å². The van der Waals surface area contributed by atoms with Gasteiger partial charge in [-0.3, -0.25) is 0 Å². The van der Waals surface area contributed by atoms with Crippen molar-refractivity contribution in [3.05, 3.63) is 0 Å². The van der Waals surface area contributed by atoms with Crippen molar-refractivity contribution in [2.45, 2.75) is 0 Å². The Labute approximate surface area is 58.1 Å². The smallest absolute Gasteiger partial charge is 0 e. The maximum atomic E-state index is 0. The van der Waals surface area contributed by atoms with Crippen molar-refractivity contribution in [1.82, 2.24) is 0 Å². The summed E-state index contributed by atoms with van der Waals surface area (Å²) in [6.45, 7) is 0. The summed E-state index contributed by atoms with van der Waals surface area (Å²) < 4.78 is 0. The molecular weight excluding hydrogens is 137 g/mol. The first-order valence-corrected chi connectivity index (χ1v) is 0. The minimum Gasteiger partial charge on any atom is -2.00 e. The summed E-state index contributed by atoms with van der Waals surface area (Å²) in [6, 6.07) is 0. The SMILES string of the molecule is [Co+2].[LiH].[Mn].[O-2]. The van der Waals surface area contributed by atoms with Crippen LogP contribution in [0.3, 0.4) is 0 Å². The molecule has 0 N–H and O–H groups in total. The Balaban J connectivity index is 0. The summed E-state index contributed by atoms with van der Waals surface area (Å²) in [5, 5.41) is 0. The monoisotopic (exact) mass is 138 g/mol. The van der Waals surface area contributed by atoms with Gasteiger partial charge in [0.15, 0.2) is 0 Å². The average molecular weight is 138 g/mol. The largest absolute Gasteiger partial charge is 2.00 e. The fraction of sp³-hybridized carbons (Fsp3) is 0. The molecule has 0 heterocycles. The normalized spacial score (nSPS) is 0. The summed E-state index contributed by atoms with van der Waals surface area (Å²) in [5.41, 5.74) is 0. The summed E-state index contributed by atoms with van der Waals surface area (Å²) in [7, 11) is 0. The summed E-state index contributed by atoms with van der Waals surface area (Å²) >= 11 is 0. The molecule has 0 saturated heterocycles. The topological polar surface area (TPSA) is 28.5 Å². The molecule has 4 heteroatoms. The zero-order chi connectivity index (χ0) is 0. The van der Waals surface area contributed by atoms with Gasteiger partial charge in [-0.25, -0.2) is 0 Å². The fourth-order valence-corrected chi connectivity index (χ4v) is 0. The van der Waals surface area contributed by atoms with Gasteiger partial charge in [-0.2, -0.15) is 0 Å². The predicted octanol–water partition coefficient (Wildman–Crippen LogP) is -0.772. The van der Waals surface area contributed by atoms with Crippen LogP contribution in [0.1, 0.15) is 0 Å². The van der Waals surface area contributed by atoms with Crippen LogP contribution in [0.5, 0.6) is 0 Å². The molecular formula is HCoLiMnO. The molecule has 0 atom stereocenters. The van der Waals surface area contributed by atoms with Gasteiger partial charge in [0.1, 0.15) is 0 Å². The van der Waals surface area contributed by atoms with Gasteiger partial charge >= 0.3 is 35.6 Å². The molecule has 0 aliphatic heterocycles. The zero-order valence-electron chi connectivity index (χ0n) is 1.12. The van der Waals surface area contributed by atoms with Crippen LogP contribution in [-0.2, 0) is 39.3 Å². The first-order valence-electron chi connectivity index (χ1n) is 0. The first kappa shape index (κ1) is 46.8. The van der Waals surface area contributed by atoms with Gasteiger partial charge in [0.2, 0.25) is 0 Å². The van der Waals surface area contributed by atoms with Crippen molar-refractivity contribution in [1.29, 1.82) is 0 Å². The molecule has 0 aromatic heterocycles. The van der Waals surface area contributed by atoms with E-state index < -0.39 is 0 Å². The van der Waals surface area contributed by atoms with Crippen LogP contribution in [0, 0.1) is 0 Å². The van der Waals surface area contributed by atoms with Crippen molar-refractivity contribution in [2.75, 3.05) is 0 Å². The maximum Gasteiger partial charge on any atom is 0 e. The molecule has 0 aromatic carbocycles. The van der Waals surface area contributed by atoms with Crippen LogP contribution in [-0.4, -0.2) is 18.9 Å². The Kier molecular flexibility index (Phi) is 275. The second kappa shape index (κ2) is 23.5. The molecule has 1 nitrogen and oxygen atoms in total. The molecule has 4 heavy (non-hydrogen) atoms. The van der Waals surface area contributed by atoms with E-state index in [0.29, 0.717) is 0 Å². The third kappa shape index (κ3) is 9.54. The van der Waals surface area contributed by atoms with Crippen LogP contribution in [0.2, 0.25) is 0 Å².